The van der Waals surface area contributed by atoms with Gasteiger partial charge in [0.1, 0.15) is 5.82 Å². The summed E-state index contributed by atoms with van der Waals surface area (Å²) in [5.41, 5.74) is 3.61. The Morgan fingerprint density at radius 3 is 2.87 bits per heavy atom. The van der Waals surface area contributed by atoms with Crippen LogP contribution in [0.4, 0.5) is 17.5 Å². The van der Waals surface area contributed by atoms with E-state index in [9.17, 15) is 0 Å². The van der Waals surface area contributed by atoms with Crippen LogP contribution in [0.2, 0.25) is 0 Å². The van der Waals surface area contributed by atoms with Gasteiger partial charge in [0.25, 0.3) is 0 Å². The van der Waals surface area contributed by atoms with Gasteiger partial charge < -0.3 is 15.1 Å². The van der Waals surface area contributed by atoms with Crippen molar-refractivity contribution in [3.05, 3.63) is 41.6 Å². The normalized spacial score (nSPS) is 14.0. The quantitative estimate of drug-likeness (QED) is 0.920. The second-order valence-corrected chi connectivity index (χ2v) is 6.31. The van der Waals surface area contributed by atoms with Gasteiger partial charge in [-0.3, -0.25) is 0 Å². The van der Waals surface area contributed by atoms with Crippen LogP contribution in [0.25, 0.3) is 0 Å². The highest BCUT2D eigenvalue weighted by molar-refractivity contribution is 5.64. The number of fused-ring (bicyclic) bond motifs is 1. The molecule has 23 heavy (non-hydrogen) atoms. The Labute approximate surface area is 138 Å². The van der Waals surface area contributed by atoms with Crippen molar-refractivity contribution in [1.29, 1.82) is 0 Å². The molecule has 0 aliphatic carbocycles. The molecule has 2 aromatic rings. The molecule has 0 radical (unpaired) electrons. The summed E-state index contributed by atoms with van der Waals surface area (Å²) in [6, 6.07) is 10.6. The molecule has 5 heteroatoms. The van der Waals surface area contributed by atoms with Crippen LogP contribution < -0.4 is 10.2 Å². The number of anilines is 3. The van der Waals surface area contributed by atoms with Crippen LogP contribution in [-0.2, 0) is 6.42 Å². The average molecular weight is 311 g/mol. The molecule has 0 saturated carbocycles. The number of benzene rings is 1. The largest absolute Gasteiger partial charge is 0.369 e. The van der Waals surface area contributed by atoms with E-state index in [-0.39, 0.29) is 0 Å². The molecule has 0 saturated heterocycles. The molecule has 1 aliphatic rings. The van der Waals surface area contributed by atoms with E-state index in [1.807, 2.05) is 13.0 Å². The van der Waals surface area contributed by atoms with Crippen LogP contribution in [0.1, 0.15) is 17.7 Å². The van der Waals surface area contributed by atoms with E-state index < -0.39 is 0 Å². The van der Waals surface area contributed by atoms with Crippen LogP contribution in [0.3, 0.4) is 0 Å². The van der Waals surface area contributed by atoms with E-state index in [0.717, 1.165) is 49.9 Å². The molecule has 1 aromatic heterocycles. The topological polar surface area (TPSA) is 44.3 Å². The van der Waals surface area contributed by atoms with Crippen molar-refractivity contribution in [1.82, 2.24) is 14.9 Å². The molecule has 2 heterocycles. The maximum absolute atomic E-state index is 4.74. The molecule has 1 N–H and O–H groups in total. The van der Waals surface area contributed by atoms with Gasteiger partial charge in [0.15, 0.2) is 0 Å². The number of hydrogen-bond donors (Lipinski definition) is 1. The molecular formula is C18H25N5. The molecular weight excluding hydrogens is 286 g/mol. The monoisotopic (exact) mass is 311 g/mol. The van der Waals surface area contributed by atoms with Crippen LogP contribution in [-0.4, -0.2) is 48.6 Å². The van der Waals surface area contributed by atoms with E-state index in [1.54, 1.807) is 0 Å². The van der Waals surface area contributed by atoms with Crippen molar-refractivity contribution in [2.24, 2.45) is 0 Å². The first kappa shape index (κ1) is 15.7. The lowest BCUT2D eigenvalue weighted by Crippen LogP contribution is -2.27. The van der Waals surface area contributed by atoms with Gasteiger partial charge in [-0.25, -0.2) is 4.98 Å². The zero-order chi connectivity index (χ0) is 16.2. The first-order chi connectivity index (χ1) is 11.1. The molecule has 0 bridgehead atoms. The van der Waals surface area contributed by atoms with Crippen LogP contribution in [0.15, 0.2) is 30.3 Å². The van der Waals surface area contributed by atoms with E-state index in [2.05, 4.69) is 58.5 Å². The fraction of sp³-hybridized carbons (Fsp3) is 0.444. The highest BCUT2D eigenvalue weighted by Crippen LogP contribution is 2.31. The van der Waals surface area contributed by atoms with Gasteiger partial charge in [-0.1, -0.05) is 18.2 Å². The van der Waals surface area contributed by atoms with Gasteiger partial charge in [0.2, 0.25) is 5.95 Å². The third kappa shape index (κ3) is 3.79. The smallest absolute Gasteiger partial charge is 0.232 e. The molecule has 0 amide bonds. The summed E-state index contributed by atoms with van der Waals surface area (Å²) in [4.78, 5) is 13.8. The molecule has 5 nitrogen and oxygen atoms in total. The maximum Gasteiger partial charge on any atom is 0.232 e. The summed E-state index contributed by atoms with van der Waals surface area (Å²) in [6.45, 7) is 4.85. The Bertz CT molecular complexity index is 668. The number of rotatable bonds is 5. The minimum Gasteiger partial charge on any atom is -0.369 e. The molecule has 0 atom stereocenters. The standard InChI is InChI=1S/C18H25N5/c1-14-13-17(19-10-12-22(2)3)21-18(20-14)23-11-6-8-15-7-4-5-9-16(15)23/h4-5,7,9,13H,6,8,10-12H2,1-3H3,(H,19,20,21). The third-order valence-electron chi connectivity index (χ3n) is 4.06. The summed E-state index contributed by atoms with van der Waals surface area (Å²) in [6.07, 6.45) is 2.27. The van der Waals surface area contributed by atoms with Crippen molar-refractivity contribution < 1.29 is 0 Å². The first-order valence-corrected chi connectivity index (χ1v) is 8.23. The molecule has 1 aliphatic heterocycles. The highest BCUT2D eigenvalue weighted by atomic mass is 15.3. The fourth-order valence-corrected chi connectivity index (χ4v) is 2.91. The van der Waals surface area contributed by atoms with E-state index in [4.69, 9.17) is 4.98 Å². The highest BCUT2D eigenvalue weighted by Gasteiger charge is 2.20. The Morgan fingerprint density at radius 2 is 2.04 bits per heavy atom. The predicted molar refractivity (Wildman–Crippen MR) is 95.6 cm³/mol. The van der Waals surface area contributed by atoms with Gasteiger partial charge in [-0.2, -0.15) is 4.98 Å². The number of para-hydroxylation sites is 1. The van der Waals surface area contributed by atoms with Gasteiger partial charge in [0.05, 0.1) is 0 Å². The SMILES string of the molecule is Cc1cc(NCCN(C)C)nc(N2CCCc3ccccc32)n1. The number of nitrogens with one attached hydrogen (secondary N) is 1. The van der Waals surface area contributed by atoms with E-state index in [1.165, 1.54) is 11.3 Å². The number of hydrogen-bond acceptors (Lipinski definition) is 5. The second kappa shape index (κ2) is 6.96. The molecule has 3 rings (SSSR count). The number of aryl methyl sites for hydroxylation is 2. The summed E-state index contributed by atoms with van der Waals surface area (Å²) in [7, 11) is 4.14. The summed E-state index contributed by atoms with van der Waals surface area (Å²) in [5.74, 6) is 1.70. The van der Waals surface area contributed by atoms with Gasteiger partial charge in [-0.05, 0) is 45.5 Å². The van der Waals surface area contributed by atoms with E-state index in [0.29, 0.717) is 0 Å². The molecule has 122 valence electrons. The molecule has 0 fully saturated rings. The van der Waals surface area contributed by atoms with Gasteiger partial charge in [-0.15, -0.1) is 0 Å². The second-order valence-electron chi connectivity index (χ2n) is 6.31. The predicted octanol–water partition coefficient (Wildman–Crippen LogP) is 2.84. The van der Waals surface area contributed by atoms with Gasteiger partial charge >= 0.3 is 0 Å². The van der Waals surface area contributed by atoms with Crippen LogP contribution >= 0.6 is 0 Å². The van der Waals surface area contributed by atoms with E-state index >= 15 is 0 Å². The Hall–Kier alpha value is -2.14. The summed E-state index contributed by atoms with van der Waals surface area (Å²) in [5, 5.41) is 3.40. The summed E-state index contributed by atoms with van der Waals surface area (Å²) < 4.78 is 0. The Kier molecular flexibility index (Phi) is 4.76. The maximum atomic E-state index is 4.74. The molecule has 0 unspecified atom stereocenters. The summed E-state index contributed by atoms with van der Waals surface area (Å²) >= 11 is 0. The zero-order valence-electron chi connectivity index (χ0n) is 14.2. The Balaban J connectivity index is 1.84. The third-order valence-corrected chi connectivity index (χ3v) is 4.06. The number of nitrogens with zero attached hydrogens (tertiary/aromatic N) is 4. The molecule has 0 spiro atoms. The minimum atomic E-state index is 0.796. The van der Waals surface area contributed by atoms with Crippen molar-refractivity contribution in [2.45, 2.75) is 19.8 Å². The zero-order valence-corrected chi connectivity index (χ0v) is 14.2. The molecule has 1 aromatic carbocycles. The minimum absolute atomic E-state index is 0.796. The Morgan fingerprint density at radius 1 is 1.22 bits per heavy atom. The first-order valence-electron chi connectivity index (χ1n) is 8.23. The van der Waals surface area contributed by atoms with Crippen molar-refractivity contribution >= 4 is 17.5 Å². The van der Waals surface area contributed by atoms with Crippen molar-refractivity contribution in [3.8, 4) is 0 Å². The average Bonchev–Trinajstić information content (AvgIpc) is 2.53. The van der Waals surface area contributed by atoms with Crippen molar-refractivity contribution in [2.75, 3.05) is 43.9 Å². The lowest BCUT2D eigenvalue weighted by Gasteiger charge is -2.29. The van der Waals surface area contributed by atoms with Crippen LogP contribution in [0, 0.1) is 6.92 Å². The van der Waals surface area contributed by atoms with Crippen LogP contribution in [0.5, 0.6) is 0 Å². The van der Waals surface area contributed by atoms with Crippen molar-refractivity contribution in [3.63, 3.8) is 0 Å². The lowest BCUT2D eigenvalue weighted by molar-refractivity contribution is 0.425. The lowest BCUT2D eigenvalue weighted by atomic mass is 10.0. The number of likely N-dealkylation sites (N-methyl/N-ethyl adjacent to an activating group) is 1. The van der Waals surface area contributed by atoms with Gasteiger partial charge in [0, 0.05) is 37.1 Å². The fourth-order valence-electron chi connectivity index (χ4n) is 2.91. The number of aromatic nitrogens is 2.